The molecule has 5 heteroatoms. The highest BCUT2D eigenvalue weighted by Gasteiger charge is 2.61. The van der Waals surface area contributed by atoms with E-state index >= 15 is 0 Å². The number of carboxylic acid groups (broad SMARTS) is 1. The van der Waals surface area contributed by atoms with E-state index in [4.69, 9.17) is 5.73 Å². The number of Topliss-reactive ketones (excluding diaryl/α,β-unsaturated/α-hetero) is 1. The van der Waals surface area contributed by atoms with Crippen LogP contribution in [0.25, 0.3) is 0 Å². The van der Waals surface area contributed by atoms with Gasteiger partial charge in [0, 0.05) is 5.92 Å². The molecule has 4 rings (SSSR count). The predicted molar refractivity (Wildman–Crippen MR) is 115 cm³/mol. The van der Waals surface area contributed by atoms with Gasteiger partial charge in [-0.15, -0.1) is 0 Å². The summed E-state index contributed by atoms with van der Waals surface area (Å²) in [6, 6.07) is -0.911. The lowest BCUT2D eigenvalue weighted by Crippen LogP contribution is -2.55. The summed E-state index contributed by atoms with van der Waals surface area (Å²) in [5, 5.41) is 9.71. The highest BCUT2D eigenvalue weighted by atomic mass is 16.4. The number of ketones is 1. The van der Waals surface area contributed by atoms with Crippen molar-refractivity contribution in [3.05, 3.63) is 0 Å². The van der Waals surface area contributed by atoms with Crippen LogP contribution in [-0.4, -0.2) is 29.2 Å². The van der Waals surface area contributed by atoms with Gasteiger partial charge in [0.15, 0.2) is 0 Å². The molecule has 3 N–H and O–H groups in total. The zero-order valence-corrected chi connectivity index (χ0v) is 18.8. The van der Waals surface area contributed by atoms with Crippen molar-refractivity contribution in [1.82, 2.24) is 0 Å². The van der Waals surface area contributed by atoms with Crippen molar-refractivity contribution in [2.24, 2.45) is 58.0 Å². The summed E-state index contributed by atoms with van der Waals surface area (Å²) in [5.41, 5.74) is 6.32. The SMILES string of the molecule is CC(=O)[C@H]1CCC2C3CCC4C[C@@H](C(C(=O)O)[C@H](N)C=O)CC[C@]4(C)C3CC[C@@]21C. The van der Waals surface area contributed by atoms with E-state index < -0.39 is 17.9 Å². The molecule has 0 aromatic carbocycles. The molecule has 0 aromatic rings. The van der Waals surface area contributed by atoms with Crippen LogP contribution in [-0.2, 0) is 14.4 Å². The van der Waals surface area contributed by atoms with Gasteiger partial charge in [0.2, 0.25) is 0 Å². The van der Waals surface area contributed by atoms with Crippen LogP contribution in [0.2, 0.25) is 0 Å². The molecule has 0 saturated heterocycles. The molecule has 30 heavy (non-hydrogen) atoms. The first-order valence-corrected chi connectivity index (χ1v) is 12.1. The topological polar surface area (TPSA) is 97.5 Å². The van der Waals surface area contributed by atoms with Crippen molar-refractivity contribution in [3.8, 4) is 0 Å². The number of rotatable bonds is 5. The number of carbonyl (C=O) groups is 3. The predicted octanol–water partition coefficient (Wildman–Crippen LogP) is 4.08. The first kappa shape index (κ1) is 22.0. The molecule has 0 spiro atoms. The van der Waals surface area contributed by atoms with E-state index in [1.54, 1.807) is 6.92 Å². The van der Waals surface area contributed by atoms with Gasteiger partial charge in [-0.1, -0.05) is 13.8 Å². The third kappa shape index (κ3) is 3.18. The summed E-state index contributed by atoms with van der Waals surface area (Å²) in [7, 11) is 0. The molecule has 0 heterocycles. The Balaban J connectivity index is 1.53. The average Bonchev–Trinajstić information content (AvgIpc) is 3.05. The van der Waals surface area contributed by atoms with E-state index in [1.807, 2.05) is 0 Å². The maximum absolute atomic E-state index is 12.3. The molecule has 10 atom stereocenters. The normalized spacial score (nSPS) is 47.3. The zero-order valence-electron chi connectivity index (χ0n) is 18.8. The number of aliphatic carboxylic acids is 1. The fourth-order valence-electron chi connectivity index (χ4n) is 9.05. The minimum Gasteiger partial charge on any atom is -0.481 e. The number of aldehydes is 1. The van der Waals surface area contributed by atoms with Crippen molar-refractivity contribution in [3.63, 3.8) is 0 Å². The van der Waals surface area contributed by atoms with Gasteiger partial charge in [-0.05, 0) is 105 Å². The van der Waals surface area contributed by atoms with Crippen LogP contribution in [0.4, 0.5) is 0 Å². The van der Waals surface area contributed by atoms with Crippen molar-refractivity contribution in [2.75, 3.05) is 0 Å². The Hall–Kier alpha value is -1.23. The lowest BCUT2D eigenvalue weighted by atomic mass is 9.43. The maximum atomic E-state index is 12.3. The molecule has 0 amide bonds. The molecule has 5 nitrogen and oxygen atoms in total. The molecule has 4 aliphatic carbocycles. The average molecular weight is 418 g/mol. The largest absolute Gasteiger partial charge is 0.481 e. The second kappa shape index (κ2) is 7.72. The van der Waals surface area contributed by atoms with Crippen molar-refractivity contribution >= 4 is 18.0 Å². The second-order valence-corrected chi connectivity index (χ2v) is 11.6. The van der Waals surface area contributed by atoms with E-state index in [-0.39, 0.29) is 22.7 Å². The first-order valence-electron chi connectivity index (χ1n) is 12.1. The summed E-state index contributed by atoms with van der Waals surface area (Å²) in [6.07, 6.45) is 10.4. The Morgan fingerprint density at radius 3 is 2.30 bits per heavy atom. The van der Waals surface area contributed by atoms with Gasteiger partial charge in [-0.25, -0.2) is 0 Å². The van der Waals surface area contributed by atoms with Gasteiger partial charge in [-0.2, -0.15) is 0 Å². The minimum atomic E-state index is -0.924. The van der Waals surface area contributed by atoms with Gasteiger partial charge in [0.25, 0.3) is 0 Å². The van der Waals surface area contributed by atoms with Crippen molar-refractivity contribution in [2.45, 2.75) is 84.6 Å². The zero-order chi connectivity index (χ0) is 21.8. The van der Waals surface area contributed by atoms with Crippen molar-refractivity contribution in [1.29, 1.82) is 0 Å². The van der Waals surface area contributed by atoms with E-state index in [2.05, 4.69) is 13.8 Å². The van der Waals surface area contributed by atoms with Crippen LogP contribution < -0.4 is 5.73 Å². The Kier molecular flexibility index (Phi) is 5.66. The highest BCUT2D eigenvalue weighted by molar-refractivity contribution is 5.79. The van der Waals surface area contributed by atoms with Gasteiger partial charge in [-0.3, -0.25) is 9.59 Å². The monoisotopic (exact) mass is 417 g/mol. The van der Waals surface area contributed by atoms with Crippen LogP contribution in [0.15, 0.2) is 0 Å². The summed E-state index contributed by atoms with van der Waals surface area (Å²) in [5.74, 6) is 1.51. The lowest BCUT2D eigenvalue weighted by Gasteiger charge is -2.61. The van der Waals surface area contributed by atoms with E-state index in [1.165, 1.54) is 19.3 Å². The summed E-state index contributed by atoms with van der Waals surface area (Å²) < 4.78 is 0. The third-order valence-corrected chi connectivity index (χ3v) is 10.6. The molecular weight excluding hydrogens is 378 g/mol. The number of carbonyl (C=O) groups excluding carboxylic acids is 2. The standard InChI is InChI=1S/C25H39NO4/c1-14(28)18-6-7-19-17-5-4-16-12-15(22(23(29)30)21(26)13-27)8-10-24(16,2)20(17)9-11-25(18,19)3/h13,15-22H,4-12,26H2,1-3H3,(H,29,30)/t15-,16?,17?,18+,19?,20?,21+,22?,24-,25+/m0/s1. The highest BCUT2D eigenvalue weighted by Crippen LogP contribution is 2.68. The quantitative estimate of drug-likeness (QED) is 0.657. The van der Waals surface area contributed by atoms with Gasteiger partial charge >= 0.3 is 5.97 Å². The number of carboxylic acids is 1. The molecule has 4 saturated carbocycles. The number of hydrogen-bond donors (Lipinski definition) is 2. The first-order chi connectivity index (χ1) is 14.1. The summed E-state index contributed by atoms with van der Waals surface area (Å²) >= 11 is 0. The fraction of sp³-hybridized carbons (Fsp3) is 0.880. The summed E-state index contributed by atoms with van der Waals surface area (Å²) in [6.45, 7) is 6.63. The van der Waals surface area contributed by atoms with Crippen LogP contribution in [0.1, 0.15) is 78.6 Å². The van der Waals surface area contributed by atoms with Gasteiger partial charge in [0.1, 0.15) is 12.1 Å². The van der Waals surface area contributed by atoms with Gasteiger partial charge in [0.05, 0.1) is 12.0 Å². The molecular formula is C25H39NO4. The molecule has 0 aromatic heterocycles. The van der Waals surface area contributed by atoms with Crippen LogP contribution >= 0.6 is 0 Å². The Bertz CT molecular complexity index is 722. The van der Waals surface area contributed by atoms with E-state index in [0.717, 1.165) is 38.5 Å². The molecule has 0 bridgehead atoms. The number of fused-ring (bicyclic) bond motifs is 5. The lowest BCUT2D eigenvalue weighted by molar-refractivity contribution is -0.152. The van der Waals surface area contributed by atoms with Crippen LogP contribution in [0.5, 0.6) is 0 Å². The Labute approximate surface area is 180 Å². The number of hydrogen-bond acceptors (Lipinski definition) is 4. The maximum Gasteiger partial charge on any atom is 0.308 e. The second-order valence-electron chi connectivity index (χ2n) is 11.6. The van der Waals surface area contributed by atoms with Crippen LogP contribution in [0.3, 0.4) is 0 Å². The minimum absolute atomic E-state index is 0.000227. The fourth-order valence-corrected chi connectivity index (χ4v) is 9.05. The third-order valence-electron chi connectivity index (χ3n) is 10.6. The molecule has 168 valence electrons. The summed E-state index contributed by atoms with van der Waals surface area (Å²) in [4.78, 5) is 35.4. The van der Waals surface area contributed by atoms with Crippen LogP contribution in [0, 0.1) is 52.3 Å². The van der Waals surface area contributed by atoms with Gasteiger partial charge < -0.3 is 15.6 Å². The Morgan fingerprint density at radius 2 is 1.67 bits per heavy atom. The number of nitrogens with two attached hydrogens (primary N) is 1. The Morgan fingerprint density at radius 1 is 1.00 bits per heavy atom. The molecule has 4 aliphatic rings. The smallest absolute Gasteiger partial charge is 0.308 e. The molecule has 0 aliphatic heterocycles. The van der Waals surface area contributed by atoms with E-state index in [0.29, 0.717) is 35.7 Å². The van der Waals surface area contributed by atoms with Crippen molar-refractivity contribution < 1.29 is 19.5 Å². The molecule has 4 fully saturated rings. The molecule has 5 unspecified atom stereocenters. The molecule has 0 radical (unpaired) electrons. The van der Waals surface area contributed by atoms with E-state index in [9.17, 15) is 19.5 Å².